The fraction of sp³-hybridized carbons (Fsp3) is 0.529. The summed E-state index contributed by atoms with van der Waals surface area (Å²) in [7, 11) is 2.18. The first kappa shape index (κ1) is 12.7. The van der Waals surface area contributed by atoms with Gasteiger partial charge in [0.15, 0.2) is 0 Å². The van der Waals surface area contributed by atoms with Gasteiger partial charge in [-0.3, -0.25) is 0 Å². The molecule has 2 heteroatoms. The van der Waals surface area contributed by atoms with E-state index >= 15 is 0 Å². The highest BCUT2D eigenvalue weighted by Gasteiger charge is 2.16. The van der Waals surface area contributed by atoms with Gasteiger partial charge in [0, 0.05) is 30.2 Å². The zero-order valence-corrected chi connectivity index (χ0v) is 12.1. The summed E-state index contributed by atoms with van der Waals surface area (Å²) in [5.41, 5.74) is 4.19. The molecule has 0 bridgehead atoms. The Balaban J connectivity index is 1.66. The van der Waals surface area contributed by atoms with Crippen molar-refractivity contribution >= 4 is 10.9 Å². The number of para-hydroxylation sites is 1. The number of nitrogens with zero attached hydrogens (tertiary/aromatic N) is 1. The number of rotatable bonds is 5. The van der Waals surface area contributed by atoms with Gasteiger partial charge < -0.3 is 9.88 Å². The molecular weight excluding hydrogens is 232 g/mol. The first-order valence-corrected chi connectivity index (χ1v) is 7.51. The third kappa shape index (κ3) is 2.42. The molecule has 0 spiro atoms. The fourth-order valence-electron chi connectivity index (χ4n) is 3.18. The molecule has 2 nitrogen and oxygen atoms in total. The Morgan fingerprint density at radius 1 is 1.26 bits per heavy atom. The molecule has 3 rings (SSSR count). The minimum absolute atomic E-state index is 0.990. The van der Waals surface area contributed by atoms with E-state index in [9.17, 15) is 0 Å². The maximum atomic E-state index is 3.62. The highest BCUT2D eigenvalue weighted by Crippen LogP contribution is 2.29. The Morgan fingerprint density at radius 2 is 2.05 bits per heavy atom. The summed E-state index contributed by atoms with van der Waals surface area (Å²) in [5.74, 6) is 1.00. The Hall–Kier alpha value is -1.28. The molecule has 0 radical (unpaired) electrons. The van der Waals surface area contributed by atoms with Crippen LogP contribution in [0, 0.1) is 12.8 Å². The average molecular weight is 256 g/mol. The van der Waals surface area contributed by atoms with Crippen molar-refractivity contribution < 1.29 is 0 Å². The maximum Gasteiger partial charge on any atom is 0.0483 e. The number of nitrogens with one attached hydrogen (secondary N) is 1. The van der Waals surface area contributed by atoms with E-state index in [1.54, 1.807) is 0 Å². The normalized spacial score (nSPS) is 15.9. The summed E-state index contributed by atoms with van der Waals surface area (Å²) in [5, 5.41) is 5.01. The van der Waals surface area contributed by atoms with Crippen LogP contribution >= 0.6 is 0 Å². The number of hydrogen-bond acceptors (Lipinski definition) is 1. The van der Waals surface area contributed by atoms with Crippen molar-refractivity contribution in [1.82, 2.24) is 9.88 Å². The van der Waals surface area contributed by atoms with Crippen molar-refractivity contribution in [2.45, 2.75) is 39.2 Å². The molecular formula is C17H24N2. The molecule has 1 heterocycles. The summed E-state index contributed by atoms with van der Waals surface area (Å²) in [4.78, 5) is 0. The fourth-order valence-corrected chi connectivity index (χ4v) is 3.18. The lowest BCUT2D eigenvalue weighted by molar-refractivity contribution is 0.292. The van der Waals surface area contributed by atoms with E-state index in [4.69, 9.17) is 0 Å². The number of aryl methyl sites for hydroxylation is 2. The SMILES string of the molecule is Cc1c(CNCCC2CCC2)n(C)c2ccccc12. The molecule has 1 N–H and O–H groups in total. The first-order chi connectivity index (χ1) is 9.27. The summed E-state index contributed by atoms with van der Waals surface area (Å²) in [6.45, 7) is 4.39. The van der Waals surface area contributed by atoms with E-state index in [0.29, 0.717) is 0 Å². The lowest BCUT2D eigenvalue weighted by atomic mass is 9.83. The van der Waals surface area contributed by atoms with Crippen LogP contribution in [0.25, 0.3) is 10.9 Å². The molecule has 1 aliphatic rings. The number of hydrogen-bond donors (Lipinski definition) is 1. The summed E-state index contributed by atoms with van der Waals surface area (Å²) < 4.78 is 2.33. The van der Waals surface area contributed by atoms with Gasteiger partial charge in [0.1, 0.15) is 0 Å². The molecule has 0 amide bonds. The second kappa shape index (κ2) is 5.38. The highest BCUT2D eigenvalue weighted by atomic mass is 15.0. The van der Waals surface area contributed by atoms with E-state index in [2.05, 4.69) is 48.1 Å². The second-order valence-electron chi connectivity index (χ2n) is 5.91. The average Bonchev–Trinajstić information content (AvgIpc) is 2.62. The van der Waals surface area contributed by atoms with Gasteiger partial charge in [-0.25, -0.2) is 0 Å². The predicted octanol–water partition coefficient (Wildman–Crippen LogP) is 3.77. The van der Waals surface area contributed by atoms with Crippen molar-refractivity contribution in [3.63, 3.8) is 0 Å². The van der Waals surface area contributed by atoms with Gasteiger partial charge in [-0.15, -0.1) is 0 Å². The van der Waals surface area contributed by atoms with Gasteiger partial charge in [-0.05, 0) is 37.4 Å². The molecule has 1 aromatic carbocycles. The van der Waals surface area contributed by atoms with E-state index in [0.717, 1.165) is 19.0 Å². The number of benzene rings is 1. The summed E-state index contributed by atoms with van der Waals surface area (Å²) >= 11 is 0. The van der Waals surface area contributed by atoms with E-state index in [-0.39, 0.29) is 0 Å². The lowest BCUT2D eigenvalue weighted by Gasteiger charge is -2.25. The van der Waals surface area contributed by atoms with Gasteiger partial charge in [0.25, 0.3) is 0 Å². The van der Waals surface area contributed by atoms with Crippen LogP contribution in [-0.4, -0.2) is 11.1 Å². The Morgan fingerprint density at radius 3 is 2.74 bits per heavy atom. The molecule has 1 aromatic heterocycles. The van der Waals surface area contributed by atoms with Gasteiger partial charge in [0.05, 0.1) is 0 Å². The first-order valence-electron chi connectivity index (χ1n) is 7.51. The van der Waals surface area contributed by atoms with Crippen LogP contribution in [-0.2, 0) is 13.6 Å². The lowest BCUT2D eigenvalue weighted by Crippen LogP contribution is -2.22. The molecule has 0 aliphatic heterocycles. The van der Waals surface area contributed by atoms with Crippen LogP contribution in [0.3, 0.4) is 0 Å². The minimum Gasteiger partial charge on any atom is -0.346 e. The molecule has 0 unspecified atom stereocenters. The largest absolute Gasteiger partial charge is 0.346 e. The highest BCUT2D eigenvalue weighted by molar-refractivity contribution is 5.85. The van der Waals surface area contributed by atoms with Crippen molar-refractivity contribution in [2.24, 2.45) is 13.0 Å². The van der Waals surface area contributed by atoms with Gasteiger partial charge in [-0.1, -0.05) is 37.5 Å². The number of fused-ring (bicyclic) bond motifs is 1. The van der Waals surface area contributed by atoms with Crippen LogP contribution in [0.5, 0.6) is 0 Å². The third-order valence-corrected chi connectivity index (χ3v) is 4.75. The monoisotopic (exact) mass is 256 g/mol. The van der Waals surface area contributed by atoms with Gasteiger partial charge in [0.2, 0.25) is 0 Å². The van der Waals surface area contributed by atoms with Gasteiger partial charge in [-0.2, -0.15) is 0 Å². The Labute approximate surface area is 115 Å². The Bertz CT molecular complexity index is 525. The van der Waals surface area contributed by atoms with E-state index in [1.807, 2.05) is 0 Å². The van der Waals surface area contributed by atoms with Crippen molar-refractivity contribution in [2.75, 3.05) is 6.54 Å². The van der Waals surface area contributed by atoms with Crippen LogP contribution < -0.4 is 5.32 Å². The number of aromatic nitrogens is 1. The van der Waals surface area contributed by atoms with E-state index in [1.165, 1.54) is 47.8 Å². The maximum absolute atomic E-state index is 3.62. The second-order valence-corrected chi connectivity index (χ2v) is 5.91. The topological polar surface area (TPSA) is 17.0 Å². The molecule has 1 aliphatic carbocycles. The quantitative estimate of drug-likeness (QED) is 0.806. The van der Waals surface area contributed by atoms with Crippen LogP contribution in [0.15, 0.2) is 24.3 Å². The van der Waals surface area contributed by atoms with Gasteiger partial charge >= 0.3 is 0 Å². The van der Waals surface area contributed by atoms with Crippen molar-refractivity contribution in [1.29, 1.82) is 0 Å². The molecule has 19 heavy (non-hydrogen) atoms. The predicted molar refractivity (Wildman–Crippen MR) is 81.3 cm³/mol. The molecule has 1 saturated carbocycles. The van der Waals surface area contributed by atoms with Crippen molar-refractivity contribution in [3.05, 3.63) is 35.5 Å². The van der Waals surface area contributed by atoms with Crippen LogP contribution in [0.1, 0.15) is 36.9 Å². The van der Waals surface area contributed by atoms with Crippen LogP contribution in [0.2, 0.25) is 0 Å². The minimum atomic E-state index is 0.990. The van der Waals surface area contributed by atoms with Crippen LogP contribution in [0.4, 0.5) is 0 Å². The summed E-state index contributed by atoms with van der Waals surface area (Å²) in [6.07, 6.45) is 5.71. The van der Waals surface area contributed by atoms with E-state index < -0.39 is 0 Å². The summed E-state index contributed by atoms with van der Waals surface area (Å²) in [6, 6.07) is 8.68. The molecule has 0 saturated heterocycles. The smallest absolute Gasteiger partial charge is 0.0483 e. The zero-order valence-electron chi connectivity index (χ0n) is 12.1. The third-order valence-electron chi connectivity index (χ3n) is 4.75. The molecule has 2 aromatic rings. The Kier molecular flexibility index (Phi) is 3.61. The van der Waals surface area contributed by atoms with Crippen molar-refractivity contribution in [3.8, 4) is 0 Å². The zero-order chi connectivity index (χ0) is 13.2. The standard InChI is InChI=1S/C17H24N2/c1-13-15-8-3-4-9-16(15)19(2)17(13)12-18-11-10-14-6-5-7-14/h3-4,8-9,14,18H,5-7,10-12H2,1-2H3. The molecule has 1 fully saturated rings. The molecule has 0 atom stereocenters. The molecule has 102 valence electrons.